The molecule has 2 aliphatic carbocycles. The van der Waals surface area contributed by atoms with E-state index >= 15 is 0 Å². The molecule has 2 heterocycles. The van der Waals surface area contributed by atoms with Gasteiger partial charge in [-0.1, -0.05) is 159 Å². The molecule has 0 aliphatic heterocycles. The summed E-state index contributed by atoms with van der Waals surface area (Å²) in [6.45, 7) is 4.72. The molecule has 0 N–H and O–H groups in total. The lowest BCUT2D eigenvalue weighted by molar-refractivity contribution is 0.661. The number of rotatable bonds is 3. The van der Waals surface area contributed by atoms with Gasteiger partial charge in [0.05, 0.1) is 22.2 Å². The van der Waals surface area contributed by atoms with E-state index in [1.807, 2.05) is 0 Å². The molecule has 0 amide bonds. The molecule has 0 atom stereocenters. The van der Waals surface area contributed by atoms with E-state index in [1.165, 1.54) is 98.8 Å². The summed E-state index contributed by atoms with van der Waals surface area (Å²) in [5.74, 6) is 0.0934. The van der Waals surface area contributed by atoms with E-state index < -0.39 is 0 Å². The van der Waals surface area contributed by atoms with Gasteiger partial charge in [-0.25, -0.2) is 4.98 Å². The smallest absolute Gasteiger partial charge is 0.0716 e. The van der Waals surface area contributed by atoms with Gasteiger partial charge in [0.15, 0.2) is 0 Å². The summed E-state index contributed by atoms with van der Waals surface area (Å²) in [6.07, 6.45) is 0. The van der Waals surface area contributed by atoms with Crippen LogP contribution in [0.1, 0.15) is 47.6 Å². The van der Waals surface area contributed by atoms with Gasteiger partial charge in [0.2, 0.25) is 0 Å². The number of hydrogen-bond donors (Lipinski definition) is 0. The van der Waals surface area contributed by atoms with Gasteiger partial charge in [0.1, 0.15) is 0 Å². The van der Waals surface area contributed by atoms with Crippen molar-refractivity contribution in [3.05, 3.63) is 216 Å². The molecule has 276 valence electrons. The number of benzene rings is 9. The van der Waals surface area contributed by atoms with Crippen LogP contribution in [0.5, 0.6) is 0 Å². The van der Waals surface area contributed by atoms with Gasteiger partial charge in [-0.3, -0.25) is 0 Å². The van der Waals surface area contributed by atoms with Crippen molar-refractivity contribution < 1.29 is 0 Å². The zero-order valence-electron chi connectivity index (χ0n) is 32.9. The maximum absolute atomic E-state index is 5.55. The van der Waals surface area contributed by atoms with Crippen LogP contribution in [0.25, 0.3) is 93.5 Å². The molecule has 0 bridgehead atoms. The Morgan fingerprint density at radius 1 is 0.441 bits per heavy atom. The molecule has 2 aliphatic rings. The zero-order chi connectivity index (χ0) is 39.0. The third kappa shape index (κ3) is 4.49. The van der Waals surface area contributed by atoms with E-state index in [4.69, 9.17) is 4.98 Å². The van der Waals surface area contributed by atoms with Crippen LogP contribution >= 0.6 is 0 Å². The van der Waals surface area contributed by atoms with Crippen molar-refractivity contribution >= 4 is 54.3 Å². The largest absolute Gasteiger partial charge is 0.309 e. The molecular formula is C57H38N2. The fraction of sp³-hybridized carbons (Fsp3) is 0.0702. The molecule has 0 fully saturated rings. The maximum atomic E-state index is 5.55. The lowest BCUT2D eigenvalue weighted by Gasteiger charge is -2.23. The Morgan fingerprint density at radius 2 is 1.00 bits per heavy atom. The van der Waals surface area contributed by atoms with Gasteiger partial charge in [-0.15, -0.1) is 0 Å². The molecule has 0 spiro atoms. The Balaban J connectivity index is 1.04. The fourth-order valence-corrected chi connectivity index (χ4v) is 10.9. The van der Waals surface area contributed by atoms with E-state index in [1.54, 1.807) is 0 Å². The van der Waals surface area contributed by atoms with Gasteiger partial charge >= 0.3 is 0 Å². The van der Waals surface area contributed by atoms with Gasteiger partial charge in [-0.05, 0) is 114 Å². The highest BCUT2D eigenvalue weighted by molar-refractivity contribution is 6.28. The van der Waals surface area contributed by atoms with Crippen molar-refractivity contribution in [2.24, 2.45) is 0 Å². The second-order valence-electron chi connectivity index (χ2n) is 17.0. The topological polar surface area (TPSA) is 17.8 Å². The molecule has 0 saturated heterocycles. The van der Waals surface area contributed by atoms with E-state index in [0.29, 0.717) is 0 Å². The van der Waals surface area contributed by atoms with Crippen LogP contribution in [-0.2, 0) is 5.41 Å². The normalized spacial score (nSPS) is 14.0. The van der Waals surface area contributed by atoms with Crippen LogP contribution in [-0.4, -0.2) is 9.55 Å². The molecule has 0 saturated carbocycles. The molecule has 11 aromatic rings. The summed E-state index contributed by atoms with van der Waals surface area (Å²) >= 11 is 0. The van der Waals surface area contributed by atoms with E-state index in [-0.39, 0.29) is 11.3 Å². The standard InChI is InChI=1S/C57H38N2/c1-57(2)48-22-12-11-19-42(48)45-31-46-47(54-43-20-9-7-17-40(43)41-18-8-10-21-44(41)54)32-50(58-51(46)33-49(45)57)36-23-27-37(28-24-36)59-52-29-25-34-13-3-5-15-38(34)55(52)56-39-16-6-4-14-35(39)26-30-53(56)59/h3-33,54H,1-2H3. The highest BCUT2D eigenvalue weighted by Gasteiger charge is 2.37. The monoisotopic (exact) mass is 750 g/mol. The van der Waals surface area contributed by atoms with Gasteiger partial charge in [0.25, 0.3) is 0 Å². The minimum Gasteiger partial charge on any atom is -0.309 e. The lowest BCUT2D eigenvalue weighted by atomic mass is 9.81. The minimum atomic E-state index is -0.120. The molecule has 59 heavy (non-hydrogen) atoms. The maximum Gasteiger partial charge on any atom is 0.0716 e. The molecule has 9 aromatic carbocycles. The van der Waals surface area contributed by atoms with Gasteiger partial charge < -0.3 is 4.57 Å². The molecule has 2 nitrogen and oxygen atoms in total. The van der Waals surface area contributed by atoms with Gasteiger partial charge in [0, 0.05) is 38.7 Å². The Hall–Kier alpha value is -7.29. The minimum absolute atomic E-state index is 0.0934. The summed E-state index contributed by atoms with van der Waals surface area (Å²) in [4.78, 5) is 5.55. The second kappa shape index (κ2) is 11.9. The lowest BCUT2D eigenvalue weighted by Crippen LogP contribution is -2.15. The fourth-order valence-electron chi connectivity index (χ4n) is 10.9. The Bertz CT molecular complexity index is 3450. The number of nitrogens with zero attached hydrogens (tertiary/aromatic N) is 2. The van der Waals surface area contributed by atoms with E-state index in [0.717, 1.165) is 22.5 Å². The molecule has 0 unspecified atom stereocenters. The predicted octanol–water partition coefficient (Wildman–Crippen LogP) is 14.8. The second-order valence-corrected chi connectivity index (χ2v) is 17.0. The van der Waals surface area contributed by atoms with E-state index in [9.17, 15) is 0 Å². The molecule has 2 aromatic heterocycles. The molecule has 0 radical (unpaired) electrons. The van der Waals surface area contributed by atoms with Crippen molar-refractivity contribution in [2.75, 3.05) is 0 Å². The average Bonchev–Trinajstić information content (AvgIpc) is 3.89. The Labute approximate surface area is 342 Å². The van der Waals surface area contributed by atoms with Crippen molar-refractivity contribution in [3.8, 4) is 39.2 Å². The average molecular weight is 751 g/mol. The van der Waals surface area contributed by atoms with Crippen molar-refractivity contribution in [3.63, 3.8) is 0 Å². The summed E-state index contributed by atoms with van der Waals surface area (Å²) in [5.41, 5.74) is 18.6. The summed E-state index contributed by atoms with van der Waals surface area (Å²) < 4.78 is 2.45. The van der Waals surface area contributed by atoms with Crippen molar-refractivity contribution in [1.29, 1.82) is 0 Å². The zero-order valence-corrected chi connectivity index (χ0v) is 32.9. The number of aromatic nitrogens is 2. The first-order valence-corrected chi connectivity index (χ1v) is 20.7. The number of fused-ring (bicyclic) bond motifs is 14. The molecule has 2 heteroatoms. The van der Waals surface area contributed by atoms with Crippen molar-refractivity contribution in [1.82, 2.24) is 9.55 Å². The highest BCUT2D eigenvalue weighted by atomic mass is 15.0. The Morgan fingerprint density at radius 3 is 1.64 bits per heavy atom. The third-order valence-electron chi connectivity index (χ3n) is 13.7. The first kappa shape index (κ1) is 32.8. The quantitative estimate of drug-likeness (QED) is 0.176. The number of pyridine rings is 1. The molecule has 13 rings (SSSR count). The van der Waals surface area contributed by atoms with Crippen LogP contribution in [0.3, 0.4) is 0 Å². The van der Waals surface area contributed by atoms with Crippen LogP contribution in [0.15, 0.2) is 188 Å². The van der Waals surface area contributed by atoms with Crippen LogP contribution in [0.4, 0.5) is 0 Å². The Kier molecular flexibility index (Phi) is 6.60. The van der Waals surface area contributed by atoms with Crippen LogP contribution < -0.4 is 0 Å². The number of hydrogen-bond acceptors (Lipinski definition) is 1. The highest BCUT2D eigenvalue weighted by Crippen LogP contribution is 2.53. The molecular weight excluding hydrogens is 713 g/mol. The van der Waals surface area contributed by atoms with E-state index in [2.05, 4.69) is 206 Å². The third-order valence-corrected chi connectivity index (χ3v) is 13.7. The van der Waals surface area contributed by atoms with Crippen molar-refractivity contribution in [2.45, 2.75) is 25.2 Å². The van der Waals surface area contributed by atoms with Gasteiger partial charge in [-0.2, -0.15) is 0 Å². The SMILES string of the molecule is CC1(C)c2ccccc2-c2cc3c(C4c5ccccc5-c5ccccc54)cc(-c4ccc(-n5c6ccc7ccccc7c6c6c7ccccc7ccc65)cc4)nc3cc21. The van der Waals surface area contributed by atoms with Crippen LogP contribution in [0, 0.1) is 0 Å². The van der Waals surface area contributed by atoms with Crippen LogP contribution in [0.2, 0.25) is 0 Å². The summed E-state index contributed by atoms with van der Waals surface area (Å²) in [6, 6.07) is 69.9. The first-order valence-electron chi connectivity index (χ1n) is 20.7. The predicted molar refractivity (Wildman–Crippen MR) is 247 cm³/mol. The summed E-state index contributed by atoms with van der Waals surface area (Å²) in [7, 11) is 0. The summed E-state index contributed by atoms with van der Waals surface area (Å²) in [5, 5.41) is 8.89. The first-order chi connectivity index (χ1) is 29.0.